The van der Waals surface area contributed by atoms with Crippen LogP contribution in [0.5, 0.6) is 0 Å². The minimum atomic E-state index is -0.365. The number of benzene rings is 2. The van der Waals surface area contributed by atoms with Gasteiger partial charge in [-0.25, -0.2) is 4.98 Å². The average molecular weight is 375 g/mol. The second-order valence-electron chi connectivity index (χ2n) is 7.10. The van der Waals surface area contributed by atoms with Gasteiger partial charge in [0.15, 0.2) is 0 Å². The summed E-state index contributed by atoms with van der Waals surface area (Å²) in [6, 6.07) is 13.3. The fourth-order valence-electron chi connectivity index (χ4n) is 3.47. The van der Waals surface area contributed by atoms with Crippen molar-refractivity contribution in [1.29, 1.82) is 0 Å². The highest BCUT2D eigenvalue weighted by Crippen LogP contribution is 2.24. The van der Waals surface area contributed by atoms with E-state index in [1.54, 1.807) is 6.07 Å². The largest absolute Gasteiger partial charge is 0.448 e. The number of hydrogen-bond donors (Lipinski definition) is 1. The molecule has 6 nitrogen and oxygen atoms in total. The monoisotopic (exact) mass is 375 g/mol. The molecule has 4 rings (SSSR count). The molecule has 0 spiro atoms. The molecule has 1 amide bonds. The predicted molar refractivity (Wildman–Crippen MR) is 108 cm³/mol. The van der Waals surface area contributed by atoms with Crippen molar-refractivity contribution in [3.8, 4) is 0 Å². The number of nitrogens with zero attached hydrogens (tertiary/aromatic N) is 2. The van der Waals surface area contributed by atoms with E-state index in [-0.39, 0.29) is 29.6 Å². The molecule has 0 bridgehead atoms. The molecule has 4 aromatic rings. The predicted octanol–water partition coefficient (Wildman–Crippen LogP) is 3.64. The maximum atomic E-state index is 12.7. The molecule has 1 N–H and O–H groups in total. The highest BCUT2D eigenvalue weighted by molar-refractivity contribution is 6.01. The number of amides is 1. The molecule has 0 radical (unpaired) electrons. The fraction of sp³-hybridized carbons (Fsp3) is 0.227. The molecular weight excluding hydrogens is 354 g/mol. The number of carbonyl (C=O) groups is 1. The summed E-state index contributed by atoms with van der Waals surface area (Å²) in [5.41, 5.74) is 4.23. The lowest BCUT2D eigenvalue weighted by Gasteiger charge is -2.17. The summed E-state index contributed by atoms with van der Waals surface area (Å²) in [6.07, 6.45) is 1.40. The van der Waals surface area contributed by atoms with Crippen LogP contribution in [0.2, 0.25) is 0 Å². The van der Waals surface area contributed by atoms with Crippen LogP contribution in [0.15, 0.2) is 58.0 Å². The molecule has 2 aromatic heterocycles. The number of furan rings is 1. The molecular formula is C22H21N3O3. The molecule has 142 valence electrons. The normalized spacial score (nSPS) is 12.4. The summed E-state index contributed by atoms with van der Waals surface area (Å²) in [5.74, 6) is -0.257. The average Bonchev–Trinajstić information content (AvgIpc) is 3.05. The van der Waals surface area contributed by atoms with Crippen LogP contribution in [0, 0.1) is 13.8 Å². The Hall–Kier alpha value is -3.41. The number of nitrogens with one attached hydrogen (secondary N) is 1. The maximum Gasteiger partial charge on any atom is 0.297 e. The summed E-state index contributed by atoms with van der Waals surface area (Å²) in [4.78, 5) is 29.6. The minimum absolute atomic E-state index is 0.117. The van der Waals surface area contributed by atoms with Gasteiger partial charge in [-0.1, -0.05) is 35.9 Å². The Morgan fingerprint density at radius 3 is 2.82 bits per heavy atom. The van der Waals surface area contributed by atoms with Gasteiger partial charge in [0, 0.05) is 5.39 Å². The number of para-hydroxylation sites is 1. The maximum absolute atomic E-state index is 12.7. The zero-order valence-electron chi connectivity index (χ0n) is 16.0. The van der Waals surface area contributed by atoms with Gasteiger partial charge in [-0.3, -0.25) is 14.2 Å². The lowest BCUT2D eigenvalue weighted by atomic mass is 10.00. The summed E-state index contributed by atoms with van der Waals surface area (Å²) in [6.45, 7) is 5.85. The minimum Gasteiger partial charge on any atom is -0.448 e. The number of aromatic nitrogens is 2. The fourth-order valence-corrected chi connectivity index (χ4v) is 3.47. The van der Waals surface area contributed by atoms with E-state index in [9.17, 15) is 9.59 Å². The van der Waals surface area contributed by atoms with Crippen molar-refractivity contribution in [1.82, 2.24) is 14.9 Å². The molecule has 6 heteroatoms. The summed E-state index contributed by atoms with van der Waals surface area (Å²) >= 11 is 0. The van der Waals surface area contributed by atoms with E-state index in [1.165, 1.54) is 10.9 Å². The van der Waals surface area contributed by atoms with Gasteiger partial charge in [-0.2, -0.15) is 0 Å². The molecule has 0 saturated heterocycles. The molecule has 0 fully saturated rings. The first-order chi connectivity index (χ1) is 13.4. The summed E-state index contributed by atoms with van der Waals surface area (Å²) in [5, 5.41) is 3.74. The van der Waals surface area contributed by atoms with Crippen LogP contribution >= 0.6 is 0 Å². The second-order valence-corrected chi connectivity index (χ2v) is 7.10. The zero-order valence-corrected chi connectivity index (χ0v) is 16.0. The van der Waals surface area contributed by atoms with E-state index in [0.717, 1.165) is 22.1 Å². The van der Waals surface area contributed by atoms with Crippen LogP contribution in [-0.2, 0) is 11.3 Å². The number of fused-ring (bicyclic) bond motifs is 3. The SMILES string of the molecule is Cc1ccc(C)c(C(C)NC(=O)Cn2cnc3c(oc4ccccc43)c2=O)c1. The van der Waals surface area contributed by atoms with E-state index in [0.29, 0.717) is 11.1 Å². The Bertz CT molecular complexity index is 1250. The lowest BCUT2D eigenvalue weighted by Crippen LogP contribution is -2.34. The Morgan fingerprint density at radius 1 is 1.21 bits per heavy atom. The zero-order chi connectivity index (χ0) is 19.8. The van der Waals surface area contributed by atoms with Gasteiger partial charge in [-0.15, -0.1) is 0 Å². The third-order valence-corrected chi connectivity index (χ3v) is 4.94. The Morgan fingerprint density at radius 2 is 2.00 bits per heavy atom. The van der Waals surface area contributed by atoms with Crippen LogP contribution in [0.3, 0.4) is 0 Å². The van der Waals surface area contributed by atoms with Crippen LogP contribution in [0.1, 0.15) is 29.7 Å². The van der Waals surface area contributed by atoms with Crippen LogP contribution in [-0.4, -0.2) is 15.5 Å². The van der Waals surface area contributed by atoms with Crippen molar-refractivity contribution in [2.24, 2.45) is 0 Å². The lowest BCUT2D eigenvalue weighted by molar-refractivity contribution is -0.122. The molecule has 1 unspecified atom stereocenters. The van der Waals surface area contributed by atoms with Crippen LogP contribution < -0.4 is 10.9 Å². The van der Waals surface area contributed by atoms with Crippen molar-refractivity contribution < 1.29 is 9.21 Å². The molecule has 2 heterocycles. The molecule has 0 aliphatic heterocycles. The number of aryl methyl sites for hydroxylation is 2. The molecule has 28 heavy (non-hydrogen) atoms. The third-order valence-electron chi connectivity index (χ3n) is 4.94. The van der Waals surface area contributed by atoms with Gasteiger partial charge in [0.2, 0.25) is 11.5 Å². The first kappa shape index (κ1) is 18.0. The highest BCUT2D eigenvalue weighted by Gasteiger charge is 2.16. The molecule has 0 saturated carbocycles. The first-order valence-corrected chi connectivity index (χ1v) is 9.17. The van der Waals surface area contributed by atoms with E-state index in [2.05, 4.69) is 16.4 Å². The van der Waals surface area contributed by atoms with Crippen molar-refractivity contribution in [2.75, 3.05) is 0 Å². The number of carbonyl (C=O) groups excluding carboxylic acids is 1. The Kier molecular flexibility index (Phi) is 4.47. The molecule has 0 aliphatic rings. The Balaban J connectivity index is 1.58. The van der Waals surface area contributed by atoms with Gasteiger partial charge in [0.1, 0.15) is 17.6 Å². The molecule has 1 atom stereocenters. The van der Waals surface area contributed by atoms with E-state index >= 15 is 0 Å². The van der Waals surface area contributed by atoms with Gasteiger partial charge >= 0.3 is 0 Å². The third kappa shape index (κ3) is 3.17. The van der Waals surface area contributed by atoms with Crippen LogP contribution in [0.4, 0.5) is 0 Å². The Labute approximate surface area is 161 Å². The molecule has 2 aromatic carbocycles. The number of rotatable bonds is 4. The van der Waals surface area contributed by atoms with Gasteiger partial charge in [-0.05, 0) is 44.0 Å². The van der Waals surface area contributed by atoms with E-state index in [1.807, 2.05) is 51.1 Å². The van der Waals surface area contributed by atoms with Crippen LogP contribution in [0.25, 0.3) is 22.1 Å². The summed E-state index contributed by atoms with van der Waals surface area (Å²) < 4.78 is 6.93. The quantitative estimate of drug-likeness (QED) is 0.591. The molecule has 0 aliphatic carbocycles. The van der Waals surface area contributed by atoms with Crippen molar-refractivity contribution in [3.05, 3.63) is 75.8 Å². The van der Waals surface area contributed by atoms with E-state index < -0.39 is 0 Å². The van der Waals surface area contributed by atoms with Crippen molar-refractivity contribution in [2.45, 2.75) is 33.4 Å². The van der Waals surface area contributed by atoms with E-state index in [4.69, 9.17) is 4.42 Å². The highest BCUT2D eigenvalue weighted by atomic mass is 16.3. The van der Waals surface area contributed by atoms with Gasteiger partial charge in [0.25, 0.3) is 5.56 Å². The van der Waals surface area contributed by atoms with Gasteiger partial charge < -0.3 is 9.73 Å². The van der Waals surface area contributed by atoms with Crippen molar-refractivity contribution >= 4 is 28.0 Å². The second kappa shape index (κ2) is 6.96. The van der Waals surface area contributed by atoms with Gasteiger partial charge in [0.05, 0.1) is 12.4 Å². The number of hydrogen-bond acceptors (Lipinski definition) is 4. The first-order valence-electron chi connectivity index (χ1n) is 9.17. The smallest absolute Gasteiger partial charge is 0.297 e. The topological polar surface area (TPSA) is 77.1 Å². The standard InChI is InChI=1S/C22H21N3O3/c1-13-8-9-14(2)17(10-13)15(3)24-19(26)11-25-12-23-20-16-6-4-5-7-18(16)28-21(20)22(25)27/h4-10,12,15H,11H2,1-3H3,(H,24,26). The summed E-state index contributed by atoms with van der Waals surface area (Å²) in [7, 11) is 0. The van der Waals surface area contributed by atoms with Crippen molar-refractivity contribution in [3.63, 3.8) is 0 Å².